The number of benzene rings is 1. The number of nitrogens with one attached hydrogen (secondary N) is 1. The van der Waals surface area contributed by atoms with Crippen LogP contribution in [0.2, 0.25) is 0 Å². The fraction of sp³-hybridized carbons (Fsp3) is 0.667. The van der Waals surface area contributed by atoms with Gasteiger partial charge in [-0.25, -0.2) is 0 Å². The van der Waals surface area contributed by atoms with Crippen molar-refractivity contribution in [1.82, 2.24) is 0 Å². The third-order valence-electron chi connectivity index (χ3n) is 4.24. The highest BCUT2D eigenvalue weighted by Crippen LogP contribution is 2.28. The Labute approximate surface area is 125 Å². The zero-order valence-electron chi connectivity index (χ0n) is 13.7. The topological polar surface area (TPSA) is 13.7 Å². The summed E-state index contributed by atoms with van der Waals surface area (Å²) in [5.74, 6) is 1.66. The van der Waals surface area contributed by atoms with E-state index in [1.165, 1.54) is 31.6 Å². The summed E-state index contributed by atoms with van der Waals surface area (Å²) in [5, 5.41) is 0. The van der Waals surface area contributed by atoms with Gasteiger partial charge < -0.3 is 9.64 Å². The van der Waals surface area contributed by atoms with Crippen molar-refractivity contribution in [3.05, 3.63) is 29.8 Å². The van der Waals surface area contributed by atoms with Crippen molar-refractivity contribution in [3.63, 3.8) is 0 Å². The first-order valence-corrected chi connectivity index (χ1v) is 8.28. The molecule has 1 aromatic rings. The van der Waals surface area contributed by atoms with Crippen LogP contribution in [0.25, 0.3) is 0 Å². The number of ether oxygens (including phenoxy) is 1. The Balaban J connectivity index is 2.35. The zero-order chi connectivity index (χ0) is 14.8. The van der Waals surface area contributed by atoms with Crippen LogP contribution in [0.3, 0.4) is 0 Å². The Morgan fingerprint density at radius 1 is 1.05 bits per heavy atom. The lowest BCUT2D eigenvalue weighted by Gasteiger charge is -2.17. The summed E-state index contributed by atoms with van der Waals surface area (Å²) in [6.45, 7) is 13.6. The van der Waals surface area contributed by atoms with Gasteiger partial charge in [0, 0.05) is 0 Å². The van der Waals surface area contributed by atoms with Crippen LogP contribution in [0, 0.1) is 0 Å². The lowest BCUT2D eigenvalue weighted by Crippen LogP contribution is -3.11. The molecule has 0 saturated carbocycles. The highest BCUT2D eigenvalue weighted by Gasteiger charge is 2.09. The number of quaternary nitrogens is 1. The molecule has 1 rings (SSSR count). The van der Waals surface area contributed by atoms with Gasteiger partial charge >= 0.3 is 0 Å². The first-order valence-electron chi connectivity index (χ1n) is 8.28. The quantitative estimate of drug-likeness (QED) is 0.648. The normalized spacial score (nSPS) is 12.7. The molecule has 0 aliphatic heterocycles. The molecule has 1 atom stereocenters. The molecule has 0 aliphatic rings. The molecule has 20 heavy (non-hydrogen) atoms. The summed E-state index contributed by atoms with van der Waals surface area (Å²) in [7, 11) is 0. The molecule has 1 aromatic carbocycles. The molecular formula is C18H32NO+. The van der Waals surface area contributed by atoms with Crippen LogP contribution < -0.4 is 9.64 Å². The number of unbranched alkanes of at least 4 members (excludes halogenated alkanes) is 1. The Kier molecular flexibility index (Phi) is 8.36. The summed E-state index contributed by atoms with van der Waals surface area (Å²) in [5.41, 5.74) is 1.35. The SMILES string of the molecule is CC[C@@H](C)c1ccccc1OCCCC[NH+](CC)CC. The van der Waals surface area contributed by atoms with Crippen molar-refractivity contribution in [2.24, 2.45) is 0 Å². The Morgan fingerprint density at radius 2 is 1.75 bits per heavy atom. The van der Waals surface area contributed by atoms with Gasteiger partial charge in [0.15, 0.2) is 0 Å². The minimum Gasteiger partial charge on any atom is -0.493 e. The summed E-state index contributed by atoms with van der Waals surface area (Å²) in [6.07, 6.45) is 3.56. The maximum Gasteiger partial charge on any atom is 0.122 e. The van der Waals surface area contributed by atoms with E-state index in [9.17, 15) is 0 Å². The van der Waals surface area contributed by atoms with Gasteiger partial charge in [-0.3, -0.25) is 0 Å². The van der Waals surface area contributed by atoms with E-state index >= 15 is 0 Å². The Bertz CT molecular complexity index is 360. The summed E-state index contributed by atoms with van der Waals surface area (Å²) in [4.78, 5) is 1.69. The third-order valence-corrected chi connectivity index (χ3v) is 4.24. The lowest BCUT2D eigenvalue weighted by atomic mass is 9.98. The van der Waals surface area contributed by atoms with Crippen LogP contribution in [-0.2, 0) is 0 Å². The number of para-hydroxylation sites is 1. The molecular weight excluding hydrogens is 246 g/mol. The van der Waals surface area contributed by atoms with Crippen LogP contribution in [0.4, 0.5) is 0 Å². The minimum atomic E-state index is 0.575. The molecule has 0 aliphatic carbocycles. The fourth-order valence-electron chi connectivity index (χ4n) is 2.50. The molecule has 2 heteroatoms. The van der Waals surface area contributed by atoms with Crippen LogP contribution in [0.15, 0.2) is 24.3 Å². The monoisotopic (exact) mass is 278 g/mol. The van der Waals surface area contributed by atoms with Crippen molar-refractivity contribution < 1.29 is 9.64 Å². The summed E-state index contributed by atoms with van der Waals surface area (Å²) < 4.78 is 6.00. The van der Waals surface area contributed by atoms with Gasteiger partial charge in [-0.15, -0.1) is 0 Å². The van der Waals surface area contributed by atoms with Crippen LogP contribution in [0.1, 0.15) is 58.4 Å². The van der Waals surface area contributed by atoms with E-state index in [0.717, 1.165) is 25.2 Å². The molecule has 0 aromatic heterocycles. The van der Waals surface area contributed by atoms with Gasteiger partial charge in [-0.05, 0) is 50.7 Å². The molecule has 0 amide bonds. The molecule has 0 unspecified atom stereocenters. The minimum absolute atomic E-state index is 0.575. The highest BCUT2D eigenvalue weighted by atomic mass is 16.5. The van der Waals surface area contributed by atoms with E-state index in [0.29, 0.717) is 5.92 Å². The van der Waals surface area contributed by atoms with E-state index in [2.05, 4.69) is 52.0 Å². The molecule has 0 saturated heterocycles. The highest BCUT2D eigenvalue weighted by molar-refractivity contribution is 5.35. The van der Waals surface area contributed by atoms with Crippen molar-refractivity contribution in [3.8, 4) is 5.75 Å². The maximum absolute atomic E-state index is 6.00. The predicted molar refractivity (Wildman–Crippen MR) is 86.8 cm³/mol. The zero-order valence-corrected chi connectivity index (χ0v) is 13.7. The molecule has 0 spiro atoms. The largest absolute Gasteiger partial charge is 0.493 e. The molecule has 0 heterocycles. The smallest absolute Gasteiger partial charge is 0.122 e. The molecule has 0 bridgehead atoms. The molecule has 1 N–H and O–H groups in total. The second kappa shape index (κ2) is 9.82. The van der Waals surface area contributed by atoms with E-state index in [4.69, 9.17) is 4.74 Å². The number of rotatable bonds is 10. The first-order chi connectivity index (χ1) is 9.72. The molecule has 0 fully saturated rings. The average molecular weight is 278 g/mol. The number of hydrogen-bond acceptors (Lipinski definition) is 1. The standard InChI is InChI=1S/C18H31NO/c1-5-16(4)17-12-8-9-13-18(17)20-15-11-10-14-19(6-2)7-3/h8-9,12-13,16H,5-7,10-11,14-15H2,1-4H3/p+1/t16-/m1/s1. The van der Waals surface area contributed by atoms with Crippen molar-refractivity contribution >= 4 is 0 Å². The summed E-state index contributed by atoms with van der Waals surface area (Å²) >= 11 is 0. The van der Waals surface area contributed by atoms with Crippen molar-refractivity contribution in [1.29, 1.82) is 0 Å². The van der Waals surface area contributed by atoms with E-state index < -0.39 is 0 Å². The maximum atomic E-state index is 6.00. The molecule has 2 nitrogen and oxygen atoms in total. The second-order valence-corrected chi connectivity index (χ2v) is 5.61. The van der Waals surface area contributed by atoms with Gasteiger partial charge in [0.2, 0.25) is 0 Å². The third kappa shape index (κ3) is 5.54. The molecule has 0 radical (unpaired) electrons. The first kappa shape index (κ1) is 17.0. The molecule has 114 valence electrons. The van der Waals surface area contributed by atoms with Gasteiger partial charge in [-0.2, -0.15) is 0 Å². The van der Waals surface area contributed by atoms with Gasteiger partial charge in [0.1, 0.15) is 5.75 Å². The fourth-order valence-corrected chi connectivity index (χ4v) is 2.50. The van der Waals surface area contributed by atoms with Crippen LogP contribution >= 0.6 is 0 Å². The van der Waals surface area contributed by atoms with Crippen molar-refractivity contribution in [2.75, 3.05) is 26.2 Å². The van der Waals surface area contributed by atoms with Gasteiger partial charge in [0.25, 0.3) is 0 Å². The second-order valence-electron chi connectivity index (χ2n) is 5.61. The van der Waals surface area contributed by atoms with E-state index in [1.807, 2.05) is 0 Å². The van der Waals surface area contributed by atoms with E-state index in [-0.39, 0.29) is 0 Å². The van der Waals surface area contributed by atoms with Gasteiger partial charge in [-0.1, -0.05) is 32.0 Å². The van der Waals surface area contributed by atoms with Crippen LogP contribution in [-0.4, -0.2) is 26.2 Å². The number of hydrogen-bond donors (Lipinski definition) is 1. The predicted octanol–water partition coefficient (Wildman–Crippen LogP) is 3.28. The Hall–Kier alpha value is -1.02. The summed E-state index contributed by atoms with van der Waals surface area (Å²) in [6, 6.07) is 8.49. The lowest BCUT2D eigenvalue weighted by molar-refractivity contribution is -0.896. The van der Waals surface area contributed by atoms with E-state index in [1.54, 1.807) is 4.90 Å². The Morgan fingerprint density at radius 3 is 2.40 bits per heavy atom. The van der Waals surface area contributed by atoms with Gasteiger partial charge in [0.05, 0.1) is 26.2 Å². The van der Waals surface area contributed by atoms with Crippen LogP contribution in [0.5, 0.6) is 5.75 Å². The van der Waals surface area contributed by atoms with Crippen molar-refractivity contribution in [2.45, 2.75) is 52.9 Å². The average Bonchev–Trinajstić information content (AvgIpc) is 2.50.